The van der Waals surface area contributed by atoms with E-state index in [9.17, 15) is 4.79 Å². The average Bonchev–Trinajstić information content (AvgIpc) is 2.61. The molecule has 2 nitrogen and oxygen atoms in total. The first-order chi connectivity index (χ1) is 12.1. The summed E-state index contributed by atoms with van der Waals surface area (Å²) in [6.45, 7) is 4.23. The molecule has 0 aliphatic rings. The molecule has 0 bridgehead atoms. The summed E-state index contributed by atoms with van der Waals surface area (Å²) < 4.78 is 0. The van der Waals surface area contributed by atoms with E-state index in [0.717, 1.165) is 16.1 Å². The number of hydrogen-bond acceptors (Lipinski definition) is 2. The summed E-state index contributed by atoms with van der Waals surface area (Å²) >= 11 is 1.75. The zero-order valence-corrected chi connectivity index (χ0v) is 15.3. The highest BCUT2D eigenvalue weighted by Gasteiger charge is 2.05. The van der Waals surface area contributed by atoms with Crippen LogP contribution in [-0.4, -0.2) is 5.91 Å². The van der Waals surface area contributed by atoms with Crippen molar-refractivity contribution in [3.8, 4) is 0 Å². The Morgan fingerprint density at radius 2 is 1.64 bits per heavy atom. The van der Waals surface area contributed by atoms with Gasteiger partial charge in [-0.3, -0.25) is 4.79 Å². The van der Waals surface area contributed by atoms with Crippen LogP contribution in [0.2, 0.25) is 0 Å². The van der Waals surface area contributed by atoms with Crippen LogP contribution in [0, 0.1) is 13.8 Å². The number of nitrogens with one attached hydrogen (secondary N) is 1. The first kappa shape index (κ1) is 17.3. The third kappa shape index (κ3) is 4.97. The van der Waals surface area contributed by atoms with Gasteiger partial charge in [-0.05, 0) is 60.9 Å². The molecule has 1 N–H and O–H groups in total. The molecule has 0 heterocycles. The number of benzene rings is 3. The number of aryl methyl sites for hydroxylation is 2. The smallest absolute Gasteiger partial charge is 0.228 e. The first-order valence-electron chi connectivity index (χ1n) is 8.29. The second-order valence-corrected chi connectivity index (χ2v) is 7.22. The van der Waals surface area contributed by atoms with Gasteiger partial charge in [-0.2, -0.15) is 0 Å². The molecule has 0 aromatic heterocycles. The molecule has 0 aliphatic carbocycles. The Morgan fingerprint density at radius 1 is 0.920 bits per heavy atom. The van der Waals surface area contributed by atoms with E-state index in [-0.39, 0.29) is 5.91 Å². The summed E-state index contributed by atoms with van der Waals surface area (Å²) in [5.41, 5.74) is 4.38. The van der Waals surface area contributed by atoms with E-state index in [1.807, 2.05) is 54.6 Å². The third-order valence-electron chi connectivity index (χ3n) is 3.92. The maximum absolute atomic E-state index is 12.1. The van der Waals surface area contributed by atoms with E-state index < -0.39 is 0 Å². The number of carbonyl (C=O) groups excluding carboxylic acids is 1. The van der Waals surface area contributed by atoms with Crippen molar-refractivity contribution in [1.29, 1.82) is 0 Å². The maximum Gasteiger partial charge on any atom is 0.228 e. The van der Waals surface area contributed by atoms with E-state index in [4.69, 9.17) is 0 Å². The van der Waals surface area contributed by atoms with Gasteiger partial charge in [-0.25, -0.2) is 0 Å². The minimum atomic E-state index is 0.00105. The van der Waals surface area contributed by atoms with Gasteiger partial charge >= 0.3 is 0 Å². The normalized spacial score (nSPS) is 10.5. The monoisotopic (exact) mass is 347 g/mol. The molecular formula is C22H21NOS. The van der Waals surface area contributed by atoms with Gasteiger partial charge in [0.15, 0.2) is 0 Å². The maximum atomic E-state index is 12.1. The number of hydrogen-bond donors (Lipinski definition) is 1. The summed E-state index contributed by atoms with van der Waals surface area (Å²) in [5.74, 6) is 0.00105. The lowest BCUT2D eigenvalue weighted by Gasteiger charge is -2.09. The summed E-state index contributed by atoms with van der Waals surface area (Å²) in [6, 6.07) is 24.3. The van der Waals surface area contributed by atoms with Crippen molar-refractivity contribution in [2.24, 2.45) is 0 Å². The Morgan fingerprint density at radius 3 is 2.36 bits per heavy atom. The molecule has 0 spiro atoms. The fourth-order valence-corrected chi connectivity index (χ4v) is 3.54. The van der Waals surface area contributed by atoms with Gasteiger partial charge < -0.3 is 5.32 Å². The Labute approximate surface area is 153 Å². The van der Waals surface area contributed by atoms with Gasteiger partial charge in [0.25, 0.3) is 0 Å². The van der Waals surface area contributed by atoms with Crippen LogP contribution in [0.1, 0.15) is 16.7 Å². The van der Waals surface area contributed by atoms with Crippen molar-refractivity contribution >= 4 is 23.4 Å². The third-order valence-corrected chi connectivity index (χ3v) is 5.08. The quantitative estimate of drug-likeness (QED) is 0.647. The summed E-state index contributed by atoms with van der Waals surface area (Å²) in [5, 5.41) is 2.95. The van der Waals surface area contributed by atoms with E-state index in [1.165, 1.54) is 16.0 Å². The predicted octanol–water partition coefficient (Wildman–Crippen LogP) is 5.64. The Kier molecular flexibility index (Phi) is 5.56. The number of carbonyl (C=O) groups is 1. The summed E-state index contributed by atoms with van der Waals surface area (Å²) in [4.78, 5) is 14.6. The Balaban J connectivity index is 1.62. The van der Waals surface area contributed by atoms with Crippen LogP contribution in [0.25, 0.3) is 0 Å². The van der Waals surface area contributed by atoms with Crippen LogP contribution >= 0.6 is 11.8 Å². The molecule has 0 fully saturated rings. The Hall–Kier alpha value is -2.52. The molecule has 0 saturated heterocycles. The molecule has 126 valence electrons. The summed E-state index contributed by atoms with van der Waals surface area (Å²) in [7, 11) is 0. The van der Waals surface area contributed by atoms with Gasteiger partial charge in [-0.15, -0.1) is 0 Å². The molecule has 3 aromatic rings. The molecule has 1 amide bonds. The lowest BCUT2D eigenvalue weighted by Crippen LogP contribution is -2.14. The SMILES string of the molecule is Cc1ccc(C)c(Sc2ccc(NC(=O)Cc3ccccc3)cc2)c1. The lowest BCUT2D eigenvalue weighted by atomic mass is 10.1. The second kappa shape index (κ2) is 8.04. The van der Waals surface area contributed by atoms with Crippen LogP contribution in [0.4, 0.5) is 5.69 Å². The van der Waals surface area contributed by atoms with E-state index in [1.54, 1.807) is 11.8 Å². The highest BCUT2D eigenvalue weighted by Crippen LogP contribution is 2.31. The molecule has 3 rings (SSSR count). The summed E-state index contributed by atoms with van der Waals surface area (Å²) in [6.07, 6.45) is 0.389. The van der Waals surface area contributed by atoms with Crippen molar-refractivity contribution in [3.63, 3.8) is 0 Å². The minimum absolute atomic E-state index is 0.00105. The first-order valence-corrected chi connectivity index (χ1v) is 9.11. The fraction of sp³-hybridized carbons (Fsp3) is 0.136. The van der Waals surface area contributed by atoms with E-state index >= 15 is 0 Å². The highest BCUT2D eigenvalue weighted by molar-refractivity contribution is 7.99. The van der Waals surface area contributed by atoms with Crippen molar-refractivity contribution in [2.75, 3.05) is 5.32 Å². The van der Waals surface area contributed by atoms with Crippen LogP contribution in [0.3, 0.4) is 0 Å². The number of rotatable bonds is 5. The molecule has 0 saturated carbocycles. The van der Waals surface area contributed by atoms with E-state index in [2.05, 4.69) is 37.4 Å². The van der Waals surface area contributed by atoms with Crippen LogP contribution in [0.5, 0.6) is 0 Å². The molecule has 3 heteroatoms. The van der Waals surface area contributed by atoms with E-state index in [0.29, 0.717) is 6.42 Å². The van der Waals surface area contributed by atoms with Crippen molar-refractivity contribution in [2.45, 2.75) is 30.1 Å². The molecule has 0 radical (unpaired) electrons. The fourth-order valence-electron chi connectivity index (χ4n) is 2.54. The molecule has 0 atom stereocenters. The van der Waals surface area contributed by atoms with Gasteiger partial charge in [0, 0.05) is 15.5 Å². The van der Waals surface area contributed by atoms with Crippen molar-refractivity contribution in [1.82, 2.24) is 0 Å². The zero-order chi connectivity index (χ0) is 17.6. The lowest BCUT2D eigenvalue weighted by molar-refractivity contribution is -0.115. The average molecular weight is 347 g/mol. The molecule has 0 aliphatic heterocycles. The van der Waals surface area contributed by atoms with Gasteiger partial charge in [0.05, 0.1) is 6.42 Å². The number of amides is 1. The van der Waals surface area contributed by atoms with Crippen LogP contribution in [0.15, 0.2) is 82.6 Å². The Bertz CT molecular complexity index is 857. The van der Waals surface area contributed by atoms with Crippen LogP contribution < -0.4 is 5.32 Å². The molecule has 25 heavy (non-hydrogen) atoms. The molecular weight excluding hydrogens is 326 g/mol. The van der Waals surface area contributed by atoms with Gasteiger partial charge in [0.2, 0.25) is 5.91 Å². The molecule has 0 unspecified atom stereocenters. The van der Waals surface area contributed by atoms with Crippen LogP contribution in [-0.2, 0) is 11.2 Å². The van der Waals surface area contributed by atoms with Gasteiger partial charge in [-0.1, -0.05) is 54.2 Å². The molecule has 3 aromatic carbocycles. The van der Waals surface area contributed by atoms with Crippen molar-refractivity contribution < 1.29 is 4.79 Å². The standard InChI is InChI=1S/C22H21NOS/c1-16-8-9-17(2)21(14-16)25-20-12-10-19(11-13-20)23-22(24)15-18-6-4-3-5-7-18/h3-14H,15H2,1-2H3,(H,23,24). The predicted molar refractivity (Wildman–Crippen MR) is 105 cm³/mol. The van der Waals surface area contributed by atoms with Crippen molar-refractivity contribution in [3.05, 3.63) is 89.5 Å². The number of anilines is 1. The minimum Gasteiger partial charge on any atom is -0.326 e. The topological polar surface area (TPSA) is 29.1 Å². The zero-order valence-electron chi connectivity index (χ0n) is 14.5. The highest BCUT2D eigenvalue weighted by atomic mass is 32.2. The second-order valence-electron chi connectivity index (χ2n) is 6.11. The largest absolute Gasteiger partial charge is 0.326 e. The van der Waals surface area contributed by atoms with Gasteiger partial charge in [0.1, 0.15) is 0 Å².